The van der Waals surface area contributed by atoms with Crippen LogP contribution in [0.5, 0.6) is 17.2 Å². The van der Waals surface area contributed by atoms with Gasteiger partial charge in [0.05, 0.1) is 11.4 Å². The third-order valence-corrected chi connectivity index (χ3v) is 4.03. The second-order valence-corrected chi connectivity index (χ2v) is 6.60. The van der Waals surface area contributed by atoms with E-state index in [0.717, 1.165) is 38.2 Å². The number of anilines is 2. The quantitative estimate of drug-likeness (QED) is 0.611. The van der Waals surface area contributed by atoms with Crippen molar-refractivity contribution in [2.24, 2.45) is 0 Å². The molecule has 0 aromatic heterocycles. The lowest BCUT2D eigenvalue weighted by Gasteiger charge is -2.25. The molecule has 2 aromatic rings. The Morgan fingerprint density at radius 3 is 2.19 bits per heavy atom. The van der Waals surface area contributed by atoms with E-state index in [1.165, 1.54) is 0 Å². The molecule has 4 N–H and O–H groups in total. The van der Waals surface area contributed by atoms with Gasteiger partial charge in [0, 0.05) is 18.7 Å². The fourth-order valence-electron chi connectivity index (χ4n) is 2.92. The number of nitrogens with zero attached hydrogens (tertiary/aromatic N) is 1. The highest BCUT2D eigenvalue weighted by molar-refractivity contribution is 5.65. The topological polar surface area (TPSA) is 73.7 Å². The molecule has 0 bridgehead atoms. The van der Waals surface area contributed by atoms with E-state index in [-0.39, 0.29) is 6.10 Å². The Morgan fingerprint density at radius 2 is 1.54 bits per heavy atom. The van der Waals surface area contributed by atoms with Crippen molar-refractivity contribution >= 4 is 11.4 Å². The zero-order chi connectivity index (χ0) is 18.9. The highest BCUT2D eigenvalue weighted by Crippen LogP contribution is 2.28. The SMILES string of the molecule is CCCN(CCC)CC(C)Oc1cccc(Oc2ccc(N)c(N)c2)c1. The smallest absolute Gasteiger partial charge is 0.131 e. The average molecular weight is 357 g/mol. The van der Waals surface area contributed by atoms with Crippen LogP contribution in [0.25, 0.3) is 0 Å². The number of ether oxygens (including phenoxy) is 2. The van der Waals surface area contributed by atoms with Crippen LogP contribution in [-0.4, -0.2) is 30.6 Å². The molecule has 142 valence electrons. The van der Waals surface area contributed by atoms with Crippen LogP contribution in [-0.2, 0) is 0 Å². The maximum Gasteiger partial charge on any atom is 0.131 e. The van der Waals surface area contributed by atoms with Crippen molar-refractivity contribution in [2.75, 3.05) is 31.1 Å². The van der Waals surface area contributed by atoms with Gasteiger partial charge in [0.15, 0.2) is 0 Å². The van der Waals surface area contributed by atoms with E-state index in [4.69, 9.17) is 20.9 Å². The Balaban J connectivity index is 1.98. The highest BCUT2D eigenvalue weighted by atomic mass is 16.5. The van der Waals surface area contributed by atoms with Crippen LogP contribution in [0.2, 0.25) is 0 Å². The predicted octanol–water partition coefficient (Wildman–Crippen LogP) is 4.53. The van der Waals surface area contributed by atoms with Crippen molar-refractivity contribution in [3.63, 3.8) is 0 Å². The summed E-state index contributed by atoms with van der Waals surface area (Å²) in [5.74, 6) is 2.16. The van der Waals surface area contributed by atoms with Crippen LogP contribution in [0.4, 0.5) is 11.4 Å². The van der Waals surface area contributed by atoms with Gasteiger partial charge >= 0.3 is 0 Å². The number of hydrogen-bond acceptors (Lipinski definition) is 5. The third-order valence-electron chi connectivity index (χ3n) is 4.03. The van der Waals surface area contributed by atoms with E-state index in [9.17, 15) is 0 Å². The van der Waals surface area contributed by atoms with Gasteiger partial charge < -0.3 is 20.9 Å². The van der Waals surface area contributed by atoms with Crippen LogP contribution in [0.15, 0.2) is 42.5 Å². The normalized spacial score (nSPS) is 12.2. The molecule has 2 aromatic carbocycles. The zero-order valence-electron chi connectivity index (χ0n) is 16.1. The molecule has 0 aliphatic heterocycles. The van der Waals surface area contributed by atoms with Gasteiger partial charge in [0.25, 0.3) is 0 Å². The molecule has 5 nitrogen and oxygen atoms in total. The molecule has 0 aliphatic rings. The van der Waals surface area contributed by atoms with Crippen molar-refractivity contribution in [2.45, 2.75) is 39.7 Å². The molecule has 5 heteroatoms. The summed E-state index contributed by atoms with van der Waals surface area (Å²) in [6.45, 7) is 9.64. The summed E-state index contributed by atoms with van der Waals surface area (Å²) in [7, 11) is 0. The van der Waals surface area contributed by atoms with Gasteiger partial charge in [-0.2, -0.15) is 0 Å². The number of nitrogen functional groups attached to an aromatic ring is 2. The number of benzene rings is 2. The summed E-state index contributed by atoms with van der Waals surface area (Å²) in [6, 6.07) is 12.9. The van der Waals surface area contributed by atoms with E-state index in [1.54, 1.807) is 18.2 Å². The minimum absolute atomic E-state index is 0.107. The monoisotopic (exact) mass is 357 g/mol. The Morgan fingerprint density at radius 1 is 0.885 bits per heavy atom. The van der Waals surface area contributed by atoms with Crippen molar-refractivity contribution in [3.8, 4) is 17.2 Å². The molecule has 0 spiro atoms. The molecule has 26 heavy (non-hydrogen) atoms. The molecule has 1 atom stereocenters. The Hall–Kier alpha value is -2.40. The minimum Gasteiger partial charge on any atom is -0.489 e. The molecule has 1 unspecified atom stereocenters. The molecule has 2 rings (SSSR count). The zero-order valence-corrected chi connectivity index (χ0v) is 16.1. The average Bonchev–Trinajstić information content (AvgIpc) is 2.59. The van der Waals surface area contributed by atoms with Gasteiger partial charge in [-0.25, -0.2) is 0 Å². The molecular weight excluding hydrogens is 326 g/mol. The number of hydrogen-bond donors (Lipinski definition) is 2. The second-order valence-electron chi connectivity index (χ2n) is 6.60. The molecule has 0 fully saturated rings. The van der Waals surface area contributed by atoms with E-state index in [0.29, 0.717) is 22.9 Å². The van der Waals surface area contributed by atoms with Gasteiger partial charge in [0.2, 0.25) is 0 Å². The van der Waals surface area contributed by atoms with Gasteiger partial charge in [-0.05, 0) is 57.1 Å². The van der Waals surface area contributed by atoms with Crippen molar-refractivity contribution in [3.05, 3.63) is 42.5 Å². The lowest BCUT2D eigenvalue weighted by Crippen LogP contribution is -2.35. The van der Waals surface area contributed by atoms with Crippen molar-refractivity contribution in [1.29, 1.82) is 0 Å². The van der Waals surface area contributed by atoms with E-state index >= 15 is 0 Å². The van der Waals surface area contributed by atoms with Gasteiger partial charge in [0.1, 0.15) is 23.4 Å². The maximum absolute atomic E-state index is 6.09. The maximum atomic E-state index is 6.09. The van der Waals surface area contributed by atoms with E-state index in [2.05, 4.69) is 25.7 Å². The lowest BCUT2D eigenvalue weighted by atomic mass is 10.2. The van der Waals surface area contributed by atoms with Crippen LogP contribution in [0.3, 0.4) is 0 Å². The summed E-state index contributed by atoms with van der Waals surface area (Å²) in [5, 5.41) is 0. The number of rotatable bonds is 10. The molecule has 0 saturated carbocycles. The van der Waals surface area contributed by atoms with Crippen LogP contribution >= 0.6 is 0 Å². The molecular formula is C21H31N3O2. The first kappa shape index (κ1) is 19.9. The van der Waals surface area contributed by atoms with E-state index in [1.807, 2.05) is 24.3 Å². The summed E-state index contributed by atoms with van der Waals surface area (Å²) in [4.78, 5) is 2.45. The highest BCUT2D eigenvalue weighted by Gasteiger charge is 2.11. The van der Waals surface area contributed by atoms with E-state index < -0.39 is 0 Å². The van der Waals surface area contributed by atoms with Crippen LogP contribution in [0.1, 0.15) is 33.6 Å². The van der Waals surface area contributed by atoms with Crippen LogP contribution < -0.4 is 20.9 Å². The Bertz CT molecular complexity index is 685. The largest absolute Gasteiger partial charge is 0.489 e. The van der Waals surface area contributed by atoms with Gasteiger partial charge in [-0.3, -0.25) is 4.90 Å². The van der Waals surface area contributed by atoms with Crippen molar-refractivity contribution in [1.82, 2.24) is 4.90 Å². The van der Waals surface area contributed by atoms with Crippen molar-refractivity contribution < 1.29 is 9.47 Å². The van der Waals surface area contributed by atoms with Gasteiger partial charge in [-0.1, -0.05) is 19.9 Å². The second kappa shape index (κ2) is 9.92. The fourth-order valence-corrected chi connectivity index (χ4v) is 2.92. The summed E-state index contributed by atoms with van der Waals surface area (Å²) in [6.07, 6.45) is 2.41. The summed E-state index contributed by atoms with van der Waals surface area (Å²) in [5.41, 5.74) is 12.6. The molecule has 0 heterocycles. The first-order valence-electron chi connectivity index (χ1n) is 9.33. The number of nitrogens with two attached hydrogens (primary N) is 2. The Kier molecular flexibility index (Phi) is 7.60. The Labute approximate surface area is 156 Å². The molecule has 0 aliphatic carbocycles. The first-order chi connectivity index (χ1) is 12.5. The third kappa shape index (κ3) is 6.15. The fraction of sp³-hybridized carbons (Fsp3) is 0.429. The first-order valence-corrected chi connectivity index (χ1v) is 9.33. The molecule has 0 amide bonds. The molecule has 0 saturated heterocycles. The van der Waals surface area contributed by atoms with Gasteiger partial charge in [-0.15, -0.1) is 0 Å². The standard InChI is InChI=1S/C21H31N3O2/c1-4-11-24(12-5-2)15-16(3)25-17-7-6-8-18(13-17)26-19-9-10-20(22)21(23)14-19/h6-10,13-14,16H,4-5,11-12,15,22-23H2,1-3H3. The van der Waals surface area contributed by atoms with Crippen LogP contribution in [0, 0.1) is 0 Å². The minimum atomic E-state index is 0.107. The molecule has 0 radical (unpaired) electrons. The predicted molar refractivity (Wildman–Crippen MR) is 109 cm³/mol. The summed E-state index contributed by atoms with van der Waals surface area (Å²) < 4.78 is 12.0. The summed E-state index contributed by atoms with van der Waals surface area (Å²) >= 11 is 0. The lowest BCUT2D eigenvalue weighted by molar-refractivity contribution is 0.145.